The molecule has 0 saturated heterocycles. The summed E-state index contributed by atoms with van der Waals surface area (Å²) in [6, 6.07) is 10.0. The van der Waals surface area contributed by atoms with Crippen molar-refractivity contribution in [1.29, 1.82) is 0 Å². The largest absolute Gasteiger partial charge is 0.348 e. The van der Waals surface area contributed by atoms with Gasteiger partial charge in [-0.1, -0.05) is 30.0 Å². The van der Waals surface area contributed by atoms with E-state index in [0.29, 0.717) is 0 Å². The van der Waals surface area contributed by atoms with Crippen LogP contribution in [0.3, 0.4) is 0 Å². The SMILES string of the molecule is C(#Cc1ccccc1)CN1C=NC=CC1. The number of aliphatic imine (C=N–C) groups is 1. The second kappa shape index (κ2) is 5.02. The zero-order valence-electron chi connectivity index (χ0n) is 8.43. The molecule has 2 heteroatoms. The van der Waals surface area contributed by atoms with Gasteiger partial charge in [0.25, 0.3) is 0 Å². The van der Waals surface area contributed by atoms with Crippen molar-refractivity contribution >= 4 is 6.34 Å². The lowest BCUT2D eigenvalue weighted by atomic mass is 10.2. The van der Waals surface area contributed by atoms with E-state index in [1.54, 1.807) is 6.20 Å². The molecule has 2 nitrogen and oxygen atoms in total. The third-order valence-corrected chi connectivity index (χ3v) is 2.05. The van der Waals surface area contributed by atoms with Crippen molar-refractivity contribution in [2.24, 2.45) is 4.99 Å². The average molecular weight is 196 g/mol. The fraction of sp³-hybridized carbons (Fsp3) is 0.154. The van der Waals surface area contributed by atoms with Gasteiger partial charge in [0.1, 0.15) is 0 Å². The average Bonchev–Trinajstić information content (AvgIpc) is 2.32. The van der Waals surface area contributed by atoms with Crippen molar-refractivity contribution in [3.05, 3.63) is 48.2 Å². The summed E-state index contributed by atoms with van der Waals surface area (Å²) in [6.45, 7) is 1.62. The van der Waals surface area contributed by atoms with Gasteiger partial charge in [0.05, 0.1) is 12.9 Å². The quantitative estimate of drug-likeness (QED) is 0.626. The Labute approximate surface area is 89.9 Å². The molecule has 0 radical (unpaired) electrons. The Morgan fingerprint density at radius 3 is 2.87 bits per heavy atom. The molecular weight excluding hydrogens is 184 g/mol. The molecule has 0 saturated carbocycles. The Kier molecular flexibility index (Phi) is 3.19. The molecular formula is C13H12N2. The van der Waals surface area contributed by atoms with Crippen molar-refractivity contribution in [2.45, 2.75) is 0 Å². The van der Waals surface area contributed by atoms with Crippen LogP contribution in [0.4, 0.5) is 0 Å². The summed E-state index contributed by atoms with van der Waals surface area (Å²) in [6.07, 6.45) is 5.64. The Hall–Kier alpha value is -2.01. The Bertz CT molecular complexity index is 421. The standard InChI is InChI=1S/C13H12N2/c1-2-6-13(7-3-1)8-4-10-15-11-5-9-14-12-15/h1-3,5-7,9,12H,10-11H2. The summed E-state index contributed by atoms with van der Waals surface area (Å²) < 4.78 is 0. The Balaban J connectivity index is 1.91. The lowest BCUT2D eigenvalue weighted by molar-refractivity contribution is 0.530. The van der Waals surface area contributed by atoms with Crippen LogP contribution >= 0.6 is 0 Å². The second-order valence-corrected chi connectivity index (χ2v) is 3.25. The van der Waals surface area contributed by atoms with E-state index in [1.807, 2.05) is 42.7 Å². The molecule has 1 aliphatic rings. The molecule has 74 valence electrons. The fourth-order valence-corrected chi connectivity index (χ4v) is 1.29. The number of nitrogens with zero attached hydrogens (tertiary/aromatic N) is 2. The van der Waals surface area contributed by atoms with Crippen LogP contribution in [-0.2, 0) is 0 Å². The van der Waals surface area contributed by atoms with Crippen LogP contribution in [0.1, 0.15) is 5.56 Å². The molecule has 1 aliphatic heterocycles. The number of benzene rings is 1. The topological polar surface area (TPSA) is 15.6 Å². The van der Waals surface area contributed by atoms with E-state index in [2.05, 4.69) is 21.7 Å². The van der Waals surface area contributed by atoms with Gasteiger partial charge >= 0.3 is 0 Å². The first kappa shape index (κ1) is 9.54. The van der Waals surface area contributed by atoms with E-state index in [1.165, 1.54) is 0 Å². The molecule has 1 aromatic carbocycles. The summed E-state index contributed by atoms with van der Waals surface area (Å²) >= 11 is 0. The maximum atomic E-state index is 4.04. The van der Waals surface area contributed by atoms with Crippen LogP contribution in [-0.4, -0.2) is 24.3 Å². The van der Waals surface area contributed by atoms with Crippen molar-refractivity contribution in [1.82, 2.24) is 4.90 Å². The van der Waals surface area contributed by atoms with Crippen molar-refractivity contribution in [3.8, 4) is 11.8 Å². The van der Waals surface area contributed by atoms with Crippen molar-refractivity contribution in [3.63, 3.8) is 0 Å². The van der Waals surface area contributed by atoms with Gasteiger partial charge in [-0.05, 0) is 18.2 Å². The molecule has 0 fully saturated rings. The Morgan fingerprint density at radius 1 is 1.27 bits per heavy atom. The summed E-state index contributed by atoms with van der Waals surface area (Å²) in [4.78, 5) is 6.10. The highest BCUT2D eigenvalue weighted by atomic mass is 15.1. The molecule has 0 amide bonds. The molecule has 0 aromatic heterocycles. The zero-order chi connectivity index (χ0) is 10.3. The first-order chi connectivity index (χ1) is 7.45. The van der Waals surface area contributed by atoms with Crippen LogP contribution < -0.4 is 0 Å². The maximum Gasteiger partial charge on any atom is 0.0915 e. The summed E-state index contributed by atoms with van der Waals surface area (Å²) in [7, 11) is 0. The number of hydrogen-bond acceptors (Lipinski definition) is 2. The minimum atomic E-state index is 0.725. The zero-order valence-corrected chi connectivity index (χ0v) is 8.43. The van der Waals surface area contributed by atoms with Crippen LogP contribution in [0, 0.1) is 11.8 Å². The van der Waals surface area contributed by atoms with Crippen LogP contribution in [0.25, 0.3) is 0 Å². The molecule has 0 aliphatic carbocycles. The predicted octanol–water partition coefficient (Wildman–Crippen LogP) is 1.90. The highest BCUT2D eigenvalue weighted by Crippen LogP contribution is 1.95. The van der Waals surface area contributed by atoms with Crippen molar-refractivity contribution in [2.75, 3.05) is 13.1 Å². The first-order valence-corrected chi connectivity index (χ1v) is 4.91. The molecule has 0 atom stereocenters. The van der Waals surface area contributed by atoms with Gasteiger partial charge < -0.3 is 4.90 Å². The fourth-order valence-electron chi connectivity index (χ4n) is 1.29. The number of rotatable bonds is 1. The van der Waals surface area contributed by atoms with Gasteiger partial charge in [-0.15, -0.1) is 0 Å². The smallest absolute Gasteiger partial charge is 0.0915 e. The van der Waals surface area contributed by atoms with Gasteiger partial charge in [-0.25, -0.2) is 4.99 Å². The monoisotopic (exact) mass is 196 g/mol. The van der Waals surface area contributed by atoms with E-state index >= 15 is 0 Å². The highest BCUT2D eigenvalue weighted by Gasteiger charge is 1.95. The van der Waals surface area contributed by atoms with Crippen molar-refractivity contribution < 1.29 is 0 Å². The third kappa shape index (κ3) is 2.99. The van der Waals surface area contributed by atoms with E-state index in [4.69, 9.17) is 0 Å². The summed E-state index contributed by atoms with van der Waals surface area (Å²) in [5.74, 6) is 6.24. The van der Waals surface area contributed by atoms with Gasteiger partial charge in [-0.3, -0.25) is 0 Å². The van der Waals surface area contributed by atoms with Crippen LogP contribution in [0.2, 0.25) is 0 Å². The third-order valence-electron chi connectivity index (χ3n) is 2.05. The van der Waals surface area contributed by atoms with Crippen LogP contribution in [0.5, 0.6) is 0 Å². The van der Waals surface area contributed by atoms with Gasteiger partial charge in [0, 0.05) is 18.3 Å². The highest BCUT2D eigenvalue weighted by molar-refractivity contribution is 5.58. The van der Waals surface area contributed by atoms with E-state index < -0.39 is 0 Å². The molecule has 2 rings (SSSR count). The normalized spacial score (nSPS) is 13.5. The van der Waals surface area contributed by atoms with E-state index in [9.17, 15) is 0 Å². The van der Waals surface area contributed by atoms with E-state index in [-0.39, 0.29) is 0 Å². The molecule has 1 aromatic rings. The molecule has 0 unspecified atom stereocenters. The summed E-state index contributed by atoms with van der Waals surface area (Å²) in [5.41, 5.74) is 1.06. The van der Waals surface area contributed by atoms with Gasteiger partial charge in [-0.2, -0.15) is 0 Å². The lowest BCUT2D eigenvalue weighted by Gasteiger charge is -2.15. The molecule has 0 N–H and O–H groups in total. The molecule has 1 heterocycles. The number of hydrogen-bond donors (Lipinski definition) is 0. The Morgan fingerprint density at radius 2 is 2.13 bits per heavy atom. The summed E-state index contributed by atoms with van der Waals surface area (Å²) in [5, 5.41) is 0. The van der Waals surface area contributed by atoms with Crippen LogP contribution in [0.15, 0.2) is 47.6 Å². The molecule has 15 heavy (non-hydrogen) atoms. The van der Waals surface area contributed by atoms with Gasteiger partial charge in [0.2, 0.25) is 0 Å². The molecule has 0 spiro atoms. The molecule has 0 bridgehead atoms. The maximum absolute atomic E-state index is 4.04. The second-order valence-electron chi connectivity index (χ2n) is 3.25. The first-order valence-electron chi connectivity index (χ1n) is 4.91. The van der Waals surface area contributed by atoms with E-state index in [0.717, 1.165) is 18.7 Å². The minimum absolute atomic E-state index is 0.725. The lowest BCUT2D eigenvalue weighted by Crippen LogP contribution is -2.23. The van der Waals surface area contributed by atoms with Gasteiger partial charge in [0.15, 0.2) is 0 Å². The predicted molar refractivity (Wildman–Crippen MR) is 62.5 cm³/mol. The minimum Gasteiger partial charge on any atom is -0.348 e.